The minimum Gasteiger partial charge on any atom is -0.256 e. The maximum absolute atomic E-state index is 4.70. The first-order valence-corrected chi connectivity index (χ1v) is 8.96. The first-order chi connectivity index (χ1) is 10.8. The van der Waals surface area contributed by atoms with Gasteiger partial charge in [-0.3, -0.25) is 4.98 Å². The molecule has 0 spiro atoms. The van der Waals surface area contributed by atoms with Crippen molar-refractivity contribution in [2.75, 3.05) is 0 Å². The Balaban J connectivity index is 2.12. The van der Waals surface area contributed by atoms with Gasteiger partial charge in [-0.1, -0.05) is 74.5 Å². The number of pyridine rings is 1. The van der Waals surface area contributed by atoms with E-state index < -0.39 is 7.92 Å². The monoisotopic (exact) mass is 305 g/mol. The van der Waals surface area contributed by atoms with Gasteiger partial charge in [-0.2, -0.15) is 0 Å². The van der Waals surface area contributed by atoms with Gasteiger partial charge in [-0.25, -0.2) is 0 Å². The summed E-state index contributed by atoms with van der Waals surface area (Å²) in [4.78, 5) is 4.70. The van der Waals surface area contributed by atoms with Crippen molar-refractivity contribution >= 4 is 24.0 Å². The van der Waals surface area contributed by atoms with Crippen LogP contribution in [-0.2, 0) is 0 Å². The van der Waals surface area contributed by atoms with Crippen LogP contribution in [0.25, 0.3) is 0 Å². The molecule has 1 heterocycles. The molecule has 0 aliphatic heterocycles. The maximum atomic E-state index is 4.70. The molecule has 2 heteroatoms. The van der Waals surface area contributed by atoms with Crippen molar-refractivity contribution in [1.82, 2.24) is 4.98 Å². The second-order valence-electron chi connectivity index (χ2n) is 5.61. The van der Waals surface area contributed by atoms with Crippen molar-refractivity contribution < 1.29 is 0 Å². The van der Waals surface area contributed by atoms with Gasteiger partial charge < -0.3 is 0 Å². The van der Waals surface area contributed by atoms with E-state index in [1.165, 1.54) is 21.6 Å². The van der Waals surface area contributed by atoms with Crippen LogP contribution in [0.2, 0.25) is 0 Å². The Hall–Kier alpha value is -1.98. The predicted octanol–water partition coefficient (Wildman–Crippen LogP) is 3.96. The molecule has 0 aliphatic carbocycles. The fraction of sp³-hybridized carbons (Fsp3) is 0.150. The van der Waals surface area contributed by atoms with Crippen molar-refractivity contribution in [2.45, 2.75) is 19.8 Å². The summed E-state index contributed by atoms with van der Waals surface area (Å²) >= 11 is 0. The number of rotatable bonds is 4. The zero-order valence-corrected chi connectivity index (χ0v) is 13.9. The van der Waals surface area contributed by atoms with Crippen molar-refractivity contribution in [3.05, 3.63) is 84.6 Å². The van der Waals surface area contributed by atoms with E-state index in [1.807, 2.05) is 6.20 Å². The summed E-state index contributed by atoms with van der Waals surface area (Å²) in [5.74, 6) is 0.519. The Kier molecular flexibility index (Phi) is 4.65. The van der Waals surface area contributed by atoms with Gasteiger partial charge in [-0.05, 0) is 34.2 Å². The molecule has 0 N–H and O–H groups in total. The Labute approximate surface area is 133 Å². The number of aromatic nitrogens is 1. The fourth-order valence-electron chi connectivity index (χ4n) is 2.48. The van der Waals surface area contributed by atoms with Gasteiger partial charge in [0, 0.05) is 14.1 Å². The molecule has 0 radical (unpaired) electrons. The highest BCUT2D eigenvalue weighted by atomic mass is 31.1. The van der Waals surface area contributed by atoms with Crippen LogP contribution >= 0.6 is 7.92 Å². The number of nitrogens with zero attached hydrogens (tertiary/aromatic N) is 1. The van der Waals surface area contributed by atoms with Crippen LogP contribution in [0.1, 0.15) is 25.3 Å². The molecule has 0 amide bonds. The van der Waals surface area contributed by atoms with E-state index in [9.17, 15) is 0 Å². The largest absolute Gasteiger partial charge is 0.256 e. The number of hydrogen-bond donors (Lipinski definition) is 0. The molecule has 0 saturated carbocycles. The lowest BCUT2D eigenvalue weighted by Gasteiger charge is -2.19. The highest BCUT2D eigenvalue weighted by Gasteiger charge is 2.18. The lowest BCUT2D eigenvalue weighted by atomic mass is 10.1. The summed E-state index contributed by atoms with van der Waals surface area (Å²) in [5.41, 5.74) is 2.53. The van der Waals surface area contributed by atoms with E-state index >= 15 is 0 Å². The summed E-state index contributed by atoms with van der Waals surface area (Å²) < 4.78 is 0. The third-order valence-corrected chi connectivity index (χ3v) is 6.03. The maximum Gasteiger partial charge on any atom is 0.0723 e. The molecule has 2 aromatic carbocycles. The smallest absolute Gasteiger partial charge is 0.0723 e. The zero-order chi connectivity index (χ0) is 15.4. The van der Waals surface area contributed by atoms with Crippen LogP contribution < -0.4 is 16.0 Å². The first kappa shape index (κ1) is 14.9. The van der Waals surface area contributed by atoms with Crippen LogP contribution in [0.5, 0.6) is 0 Å². The first-order valence-electron chi connectivity index (χ1n) is 7.62. The Morgan fingerprint density at radius 1 is 0.773 bits per heavy atom. The van der Waals surface area contributed by atoms with Crippen molar-refractivity contribution in [1.29, 1.82) is 0 Å². The molecule has 0 saturated heterocycles. The summed E-state index contributed by atoms with van der Waals surface area (Å²) in [6.45, 7) is 4.46. The molecule has 0 fully saturated rings. The van der Waals surface area contributed by atoms with E-state index in [0.29, 0.717) is 5.92 Å². The summed E-state index contributed by atoms with van der Waals surface area (Å²) in [7, 11) is -0.598. The second kappa shape index (κ2) is 6.85. The van der Waals surface area contributed by atoms with E-state index in [2.05, 4.69) is 86.6 Å². The third kappa shape index (κ3) is 3.26. The molecule has 0 atom stereocenters. The van der Waals surface area contributed by atoms with E-state index in [4.69, 9.17) is 4.98 Å². The highest BCUT2D eigenvalue weighted by molar-refractivity contribution is 7.79. The van der Waals surface area contributed by atoms with Crippen LogP contribution in [0, 0.1) is 0 Å². The summed E-state index contributed by atoms with van der Waals surface area (Å²) in [6.07, 6.45) is 1.95. The Morgan fingerprint density at radius 3 is 1.82 bits per heavy atom. The molecular formula is C20H20NP. The van der Waals surface area contributed by atoms with Crippen LogP contribution in [0.4, 0.5) is 0 Å². The minimum atomic E-state index is -0.598. The lowest BCUT2D eigenvalue weighted by molar-refractivity contribution is 0.865. The van der Waals surface area contributed by atoms with Gasteiger partial charge in [0.05, 0.1) is 5.44 Å². The fourth-order valence-corrected chi connectivity index (χ4v) is 4.71. The molecule has 22 heavy (non-hydrogen) atoms. The summed E-state index contributed by atoms with van der Waals surface area (Å²) in [5, 5.41) is 2.69. The SMILES string of the molecule is CC(C)c1ccnc(P(c2ccccc2)c2ccccc2)c1. The molecular weight excluding hydrogens is 285 g/mol. The Morgan fingerprint density at radius 2 is 1.32 bits per heavy atom. The second-order valence-corrected chi connectivity index (χ2v) is 7.77. The third-order valence-electron chi connectivity index (χ3n) is 3.69. The van der Waals surface area contributed by atoms with E-state index in [0.717, 1.165) is 0 Å². The highest BCUT2D eigenvalue weighted by Crippen LogP contribution is 2.32. The topological polar surface area (TPSA) is 12.9 Å². The quantitative estimate of drug-likeness (QED) is 0.665. The van der Waals surface area contributed by atoms with Gasteiger partial charge in [0.2, 0.25) is 0 Å². The van der Waals surface area contributed by atoms with E-state index in [-0.39, 0.29) is 0 Å². The lowest BCUT2D eigenvalue weighted by Crippen LogP contribution is -2.23. The van der Waals surface area contributed by atoms with Gasteiger partial charge in [0.1, 0.15) is 0 Å². The minimum absolute atomic E-state index is 0.519. The molecule has 0 bridgehead atoms. The van der Waals surface area contributed by atoms with Crippen LogP contribution in [-0.4, -0.2) is 4.98 Å². The van der Waals surface area contributed by atoms with E-state index in [1.54, 1.807) is 0 Å². The molecule has 1 aromatic heterocycles. The predicted molar refractivity (Wildman–Crippen MR) is 97.0 cm³/mol. The Bertz CT molecular complexity index is 683. The number of hydrogen-bond acceptors (Lipinski definition) is 1. The molecule has 1 nitrogen and oxygen atoms in total. The molecule has 3 rings (SSSR count). The van der Waals surface area contributed by atoms with Crippen LogP contribution in [0.15, 0.2) is 79.0 Å². The van der Waals surface area contributed by atoms with Crippen LogP contribution in [0.3, 0.4) is 0 Å². The van der Waals surface area contributed by atoms with Gasteiger partial charge >= 0.3 is 0 Å². The molecule has 3 aromatic rings. The van der Waals surface area contributed by atoms with Gasteiger partial charge in [-0.15, -0.1) is 0 Å². The average molecular weight is 305 g/mol. The van der Waals surface area contributed by atoms with Crippen molar-refractivity contribution in [2.24, 2.45) is 0 Å². The van der Waals surface area contributed by atoms with Gasteiger partial charge in [0.15, 0.2) is 0 Å². The molecule has 0 unspecified atom stereocenters. The van der Waals surface area contributed by atoms with Crippen molar-refractivity contribution in [3.63, 3.8) is 0 Å². The average Bonchev–Trinajstić information content (AvgIpc) is 2.57. The zero-order valence-electron chi connectivity index (χ0n) is 13.0. The van der Waals surface area contributed by atoms with Crippen molar-refractivity contribution in [3.8, 4) is 0 Å². The standard InChI is InChI=1S/C20H20NP/c1-16(2)17-13-14-21-20(15-17)22(18-9-5-3-6-10-18)19-11-7-4-8-12-19/h3-16H,1-2H3. The normalized spacial score (nSPS) is 11.1. The number of benzene rings is 2. The molecule has 0 aliphatic rings. The molecule has 110 valence electrons. The van der Waals surface area contributed by atoms with Gasteiger partial charge in [0.25, 0.3) is 0 Å². The summed E-state index contributed by atoms with van der Waals surface area (Å²) in [6, 6.07) is 25.8.